The van der Waals surface area contributed by atoms with Crippen LogP contribution in [0.5, 0.6) is 5.75 Å². The molecule has 1 aliphatic rings. The van der Waals surface area contributed by atoms with Crippen LogP contribution in [0.15, 0.2) is 30.6 Å². The molecule has 1 fully saturated rings. The molecule has 8 nitrogen and oxygen atoms in total. The SMILES string of the molecule is COC[C@H](C)Oc1ccc(N)c(C(=N)c2cc(N3CC[C@@H](O)C3)ncn2)c1. The first kappa shape index (κ1) is 19.1. The molecule has 1 aromatic heterocycles. The number of nitrogens with one attached hydrogen (secondary N) is 1. The summed E-state index contributed by atoms with van der Waals surface area (Å²) < 4.78 is 10.9. The summed E-state index contributed by atoms with van der Waals surface area (Å²) in [6.07, 6.45) is 1.68. The van der Waals surface area contributed by atoms with E-state index in [4.69, 9.17) is 20.6 Å². The van der Waals surface area contributed by atoms with Crippen molar-refractivity contribution in [1.82, 2.24) is 9.97 Å². The molecule has 1 aliphatic heterocycles. The van der Waals surface area contributed by atoms with Crippen molar-refractivity contribution in [2.24, 2.45) is 0 Å². The van der Waals surface area contributed by atoms with Gasteiger partial charge < -0.3 is 25.2 Å². The highest BCUT2D eigenvalue weighted by molar-refractivity contribution is 6.13. The van der Waals surface area contributed by atoms with E-state index in [1.54, 1.807) is 31.4 Å². The van der Waals surface area contributed by atoms with E-state index in [0.29, 0.717) is 48.1 Å². The molecule has 27 heavy (non-hydrogen) atoms. The summed E-state index contributed by atoms with van der Waals surface area (Å²) in [7, 11) is 1.62. The number of nitrogens with zero attached hydrogens (tertiary/aromatic N) is 3. The minimum Gasteiger partial charge on any atom is -0.488 e. The molecule has 1 aromatic carbocycles. The number of ether oxygens (including phenoxy) is 2. The highest BCUT2D eigenvalue weighted by Gasteiger charge is 2.22. The normalized spacial score (nSPS) is 17.7. The second-order valence-electron chi connectivity index (χ2n) is 6.66. The van der Waals surface area contributed by atoms with Crippen molar-refractivity contribution >= 4 is 17.2 Å². The Morgan fingerprint density at radius 3 is 2.93 bits per heavy atom. The lowest BCUT2D eigenvalue weighted by molar-refractivity contribution is 0.0921. The maximum atomic E-state index is 9.73. The van der Waals surface area contributed by atoms with Gasteiger partial charge >= 0.3 is 0 Å². The van der Waals surface area contributed by atoms with Gasteiger partial charge in [0.05, 0.1) is 24.1 Å². The van der Waals surface area contributed by atoms with E-state index in [2.05, 4.69) is 9.97 Å². The lowest BCUT2D eigenvalue weighted by atomic mass is 10.0. The van der Waals surface area contributed by atoms with E-state index in [1.165, 1.54) is 6.33 Å². The lowest BCUT2D eigenvalue weighted by Gasteiger charge is -2.18. The number of benzene rings is 1. The summed E-state index contributed by atoms with van der Waals surface area (Å²) >= 11 is 0. The van der Waals surface area contributed by atoms with Crippen LogP contribution in [0.4, 0.5) is 11.5 Å². The highest BCUT2D eigenvalue weighted by Crippen LogP contribution is 2.24. The number of nitrogens with two attached hydrogens (primary N) is 1. The smallest absolute Gasteiger partial charge is 0.132 e. The van der Waals surface area contributed by atoms with Gasteiger partial charge in [-0.2, -0.15) is 0 Å². The van der Waals surface area contributed by atoms with Gasteiger partial charge in [0.2, 0.25) is 0 Å². The van der Waals surface area contributed by atoms with Gasteiger partial charge in [0.15, 0.2) is 0 Å². The molecule has 0 bridgehead atoms. The molecule has 0 unspecified atom stereocenters. The van der Waals surface area contributed by atoms with Crippen LogP contribution < -0.4 is 15.4 Å². The van der Waals surface area contributed by atoms with Gasteiger partial charge in [0.1, 0.15) is 24.0 Å². The Morgan fingerprint density at radius 1 is 1.41 bits per heavy atom. The number of β-amino-alcohol motifs (C(OH)–C–C–N with tert-alkyl or cyclic N) is 1. The summed E-state index contributed by atoms with van der Waals surface area (Å²) in [5.41, 5.74) is 7.77. The maximum Gasteiger partial charge on any atom is 0.132 e. The van der Waals surface area contributed by atoms with Crippen molar-refractivity contribution in [2.45, 2.75) is 25.6 Å². The zero-order valence-electron chi connectivity index (χ0n) is 15.6. The minimum absolute atomic E-state index is 0.118. The molecule has 8 heteroatoms. The predicted octanol–water partition coefficient (Wildman–Crippen LogP) is 1.46. The molecule has 2 heterocycles. The molecule has 0 radical (unpaired) electrons. The Hall–Kier alpha value is -2.71. The monoisotopic (exact) mass is 371 g/mol. The molecular weight excluding hydrogens is 346 g/mol. The minimum atomic E-state index is -0.346. The topological polar surface area (TPSA) is 118 Å². The fraction of sp³-hybridized carbons (Fsp3) is 0.421. The van der Waals surface area contributed by atoms with Gasteiger partial charge in [-0.3, -0.25) is 5.41 Å². The van der Waals surface area contributed by atoms with Gasteiger partial charge in [0, 0.05) is 37.5 Å². The molecule has 0 saturated carbocycles. The fourth-order valence-electron chi connectivity index (χ4n) is 3.07. The van der Waals surface area contributed by atoms with Crippen molar-refractivity contribution in [3.8, 4) is 5.75 Å². The number of anilines is 2. The van der Waals surface area contributed by atoms with Crippen molar-refractivity contribution in [3.63, 3.8) is 0 Å². The number of aliphatic hydroxyl groups is 1. The van der Waals surface area contributed by atoms with E-state index in [0.717, 1.165) is 6.54 Å². The van der Waals surface area contributed by atoms with Crippen molar-refractivity contribution in [1.29, 1.82) is 5.41 Å². The Labute approximate surface area is 158 Å². The van der Waals surface area contributed by atoms with Crippen LogP contribution in [0.1, 0.15) is 24.6 Å². The average Bonchev–Trinajstić information content (AvgIpc) is 3.09. The van der Waals surface area contributed by atoms with E-state index in [1.807, 2.05) is 11.8 Å². The van der Waals surface area contributed by atoms with Crippen molar-refractivity contribution in [2.75, 3.05) is 37.4 Å². The van der Waals surface area contributed by atoms with Crippen LogP contribution in [-0.2, 0) is 4.74 Å². The zero-order chi connectivity index (χ0) is 19.4. The molecule has 0 spiro atoms. The third kappa shape index (κ3) is 4.53. The van der Waals surface area contributed by atoms with E-state index in [-0.39, 0.29) is 17.9 Å². The zero-order valence-corrected chi connectivity index (χ0v) is 15.6. The molecule has 144 valence electrons. The summed E-state index contributed by atoms with van der Waals surface area (Å²) in [5.74, 6) is 1.31. The van der Waals surface area contributed by atoms with Gasteiger partial charge in [-0.1, -0.05) is 0 Å². The molecule has 4 N–H and O–H groups in total. The molecule has 2 aromatic rings. The number of hydrogen-bond donors (Lipinski definition) is 3. The summed E-state index contributed by atoms with van der Waals surface area (Å²) in [6, 6.07) is 6.99. The van der Waals surface area contributed by atoms with Crippen LogP contribution in [0.2, 0.25) is 0 Å². The largest absolute Gasteiger partial charge is 0.488 e. The van der Waals surface area contributed by atoms with E-state index < -0.39 is 0 Å². The third-order valence-corrected chi connectivity index (χ3v) is 4.43. The van der Waals surface area contributed by atoms with E-state index >= 15 is 0 Å². The number of aliphatic hydroxyl groups excluding tert-OH is 1. The molecule has 0 amide bonds. The Bertz CT molecular complexity index is 814. The first-order valence-corrected chi connectivity index (χ1v) is 8.87. The second-order valence-corrected chi connectivity index (χ2v) is 6.66. The van der Waals surface area contributed by atoms with Gasteiger partial charge in [-0.15, -0.1) is 0 Å². The number of hydrogen-bond acceptors (Lipinski definition) is 8. The predicted molar refractivity (Wildman–Crippen MR) is 104 cm³/mol. The van der Waals surface area contributed by atoms with Crippen LogP contribution in [-0.4, -0.2) is 59.8 Å². The maximum absolute atomic E-state index is 9.73. The number of methoxy groups -OCH3 is 1. The summed E-state index contributed by atoms with van der Waals surface area (Å²) in [4.78, 5) is 10.5. The lowest BCUT2D eigenvalue weighted by Crippen LogP contribution is -2.23. The van der Waals surface area contributed by atoms with Crippen LogP contribution in [0.25, 0.3) is 0 Å². The number of nitrogen functional groups attached to an aromatic ring is 1. The molecule has 2 atom stereocenters. The van der Waals surface area contributed by atoms with E-state index in [9.17, 15) is 5.11 Å². The van der Waals surface area contributed by atoms with Crippen molar-refractivity contribution < 1.29 is 14.6 Å². The number of rotatable bonds is 7. The quantitative estimate of drug-likeness (QED) is 0.498. The Balaban J connectivity index is 1.83. The van der Waals surface area contributed by atoms with Crippen LogP contribution >= 0.6 is 0 Å². The third-order valence-electron chi connectivity index (χ3n) is 4.43. The van der Waals surface area contributed by atoms with Crippen LogP contribution in [0.3, 0.4) is 0 Å². The number of aromatic nitrogens is 2. The molecule has 0 aliphatic carbocycles. The highest BCUT2D eigenvalue weighted by atomic mass is 16.5. The van der Waals surface area contributed by atoms with Crippen LogP contribution in [0, 0.1) is 5.41 Å². The van der Waals surface area contributed by atoms with Gasteiger partial charge in [0.25, 0.3) is 0 Å². The molecule has 3 rings (SSSR count). The van der Waals surface area contributed by atoms with Crippen molar-refractivity contribution in [3.05, 3.63) is 41.9 Å². The summed E-state index contributed by atoms with van der Waals surface area (Å²) in [6.45, 7) is 3.64. The first-order valence-electron chi connectivity index (χ1n) is 8.87. The Kier molecular flexibility index (Phi) is 5.88. The summed E-state index contributed by atoms with van der Waals surface area (Å²) in [5, 5.41) is 18.3. The standard InChI is InChI=1S/C19H25N5O3/c1-12(10-26-2)27-14-3-4-16(20)15(7-14)19(21)17-8-18(23-11-22-17)24-6-5-13(25)9-24/h3-4,7-8,11-13,21,25H,5-6,9-10,20H2,1-2H3/t12-,13+/m0/s1. The fourth-order valence-corrected chi connectivity index (χ4v) is 3.07. The Morgan fingerprint density at radius 2 is 2.22 bits per heavy atom. The first-order chi connectivity index (χ1) is 13.0. The van der Waals surface area contributed by atoms with Gasteiger partial charge in [-0.05, 0) is 31.5 Å². The molecular formula is C19H25N5O3. The average molecular weight is 371 g/mol. The second kappa shape index (κ2) is 8.32. The molecule has 1 saturated heterocycles. The van der Waals surface area contributed by atoms with Gasteiger partial charge in [-0.25, -0.2) is 9.97 Å².